The van der Waals surface area contributed by atoms with E-state index in [4.69, 9.17) is 10.2 Å². The van der Waals surface area contributed by atoms with E-state index in [1.54, 1.807) is 6.92 Å². The van der Waals surface area contributed by atoms with Crippen molar-refractivity contribution in [2.75, 3.05) is 6.61 Å². The molecule has 0 saturated heterocycles. The maximum Gasteiger partial charge on any atom is 0.112 e. The molecule has 11 heavy (non-hydrogen) atoms. The van der Waals surface area contributed by atoms with Gasteiger partial charge in [0, 0.05) is 0 Å². The van der Waals surface area contributed by atoms with Crippen LogP contribution in [0.25, 0.3) is 0 Å². The Bertz CT molecular complexity index is 230. The molecule has 58 valence electrons. The zero-order valence-corrected chi connectivity index (χ0v) is 6.33. The van der Waals surface area contributed by atoms with E-state index in [1.807, 2.05) is 0 Å². The first-order chi connectivity index (χ1) is 5.27. The molecule has 0 aliphatic carbocycles. The van der Waals surface area contributed by atoms with Gasteiger partial charge in [0.05, 0.1) is 0 Å². The minimum atomic E-state index is -0.606. The topological polar surface area (TPSA) is 40.5 Å². The van der Waals surface area contributed by atoms with Gasteiger partial charge in [0.2, 0.25) is 0 Å². The average molecular weight is 150 g/mol. The van der Waals surface area contributed by atoms with Crippen LogP contribution in [-0.4, -0.2) is 22.9 Å². The highest BCUT2D eigenvalue weighted by atomic mass is 16.3. The van der Waals surface area contributed by atoms with E-state index in [1.165, 1.54) is 12.2 Å². The fraction of sp³-hybridized carbons (Fsp3) is 0.333. The summed E-state index contributed by atoms with van der Waals surface area (Å²) in [7, 11) is 0. The zero-order chi connectivity index (χ0) is 8.53. The van der Waals surface area contributed by atoms with Crippen molar-refractivity contribution >= 4 is 0 Å². The third-order valence-electron chi connectivity index (χ3n) is 0.723. The molecule has 0 aromatic carbocycles. The fourth-order valence-electron chi connectivity index (χ4n) is 0.357. The molecule has 1 unspecified atom stereocenters. The quantitative estimate of drug-likeness (QED) is 0.474. The van der Waals surface area contributed by atoms with Crippen LogP contribution in [0.5, 0.6) is 0 Å². The molecule has 0 aliphatic rings. The van der Waals surface area contributed by atoms with Gasteiger partial charge >= 0.3 is 0 Å². The van der Waals surface area contributed by atoms with Crippen molar-refractivity contribution in [3.05, 3.63) is 12.2 Å². The van der Waals surface area contributed by atoms with Gasteiger partial charge in [-0.1, -0.05) is 23.7 Å². The molecule has 2 heteroatoms. The van der Waals surface area contributed by atoms with Crippen LogP contribution in [0.3, 0.4) is 0 Å². The van der Waals surface area contributed by atoms with Crippen LogP contribution in [0.1, 0.15) is 6.92 Å². The number of aliphatic hydroxyl groups excluding tert-OH is 2. The molecule has 0 amide bonds. The molecule has 0 heterocycles. The first kappa shape index (κ1) is 9.78. The van der Waals surface area contributed by atoms with Crippen molar-refractivity contribution in [2.45, 2.75) is 13.0 Å². The van der Waals surface area contributed by atoms with Gasteiger partial charge < -0.3 is 10.2 Å². The summed E-state index contributed by atoms with van der Waals surface area (Å²) in [6.45, 7) is 1.44. The Morgan fingerprint density at radius 2 is 2.00 bits per heavy atom. The lowest BCUT2D eigenvalue weighted by atomic mass is 10.4. The zero-order valence-electron chi connectivity index (χ0n) is 6.33. The number of rotatable bonds is 0. The summed E-state index contributed by atoms with van der Waals surface area (Å²) in [4.78, 5) is 0. The lowest BCUT2D eigenvalue weighted by Gasteiger charge is -1.83. The normalized spacial score (nSPS) is 11.2. The van der Waals surface area contributed by atoms with E-state index in [0.717, 1.165) is 0 Å². The molecule has 0 bridgehead atoms. The summed E-state index contributed by atoms with van der Waals surface area (Å²) in [6, 6.07) is 0. The van der Waals surface area contributed by atoms with E-state index in [-0.39, 0.29) is 6.61 Å². The van der Waals surface area contributed by atoms with Gasteiger partial charge in [0.25, 0.3) is 0 Å². The molecule has 0 aliphatic heterocycles. The van der Waals surface area contributed by atoms with E-state index >= 15 is 0 Å². The second-order valence-corrected chi connectivity index (χ2v) is 1.78. The maximum atomic E-state index is 8.67. The fourth-order valence-corrected chi connectivity index (χ4v) is 0.357. The van der Waals surface area contributed by atoms with Gasteiger partial charge in [-0.15, -0.1) is 0 Å². The van der Waals surface area contributed by atoms with Gasteiger partial charge in [0.1, 0.15) is 12.7 Å². The molecule has 2 N–H and O–H groups in total. The summed E-state index contributed by atoms with van der Waals surface area (Å²) >= 11 is 0. The van der Waals surface area contributed by atoms with E-state index < -0.39 is 6.10 Å². The highest BCUT2D eigenvalue weighted by Gasteiger charge is 1.78. The second kappa shape index (κ2) is 6.89. The van der Waals surface area contributed by atoms with Crippen molar-refractivity contribution in [3.63, 3.8) is 0 Å². The van der Waals surface area contributed by atoms with Gasteiger partial charge in [-0.2, -0.15) is 0 Å². The Balaban J connectivity index is 3.71. The number of allylic oxidation sites excluding steroid dienone is 2. The van der Waals surface area contributed by atoms with Gasteiger partial charge in [-0.25, -0.2) is 0 Å². The van der Waals surface area contributed by atoms with Crippen molar-refractivity contribution in [3.8, 4) is 23.7 Å². The van der Waals surface area contributed by atoms with Gasteiger partial charge in [0.15, 0.2) is 0 Å². The average Bonchev–Trinajstić information content (AvgIpc) is 1.96. The van der Waals surface area contributed by atoms with E-state index in [0.29, 0.717) is 0 Å². The van der Waals surface area contributed by atoms with Crippen LogP contribution >= 0.6 is 0 Å². The van der Waals surface area contributed by atoms with Crippen molar-refractivity contribution in [2.24, 2.45) is 0 Å². The highest BCUT2D eigenvalue weighted by molar-refractivity contribution is 5.25. The van der Waals surface area contributed by atoms with Crippen LogP contribution < -0.4 is 0 Å². The van der Waals surface area contributed by atoms with Crippen LogP contribution in [-0.2, 0) is 0 Å². The number of hydrogen-bond acceptors (Lipinski definition) is 2. The first-order valence-corrected chi connectivity index (χ1v) is 3.20. The Morgan fingerprint density at radius 1 is 1.36 bits per heavy atom. The molecule has 0 spiro atoms. The lowest BCUT2D eigenvalue weighted by Crippen LogP contribution is -1.91. The minimum absolute atomic E-state index is 0.145. The van der Waals surface area contributed by atoms with Crippen LogP contribution in [0.4, 0.5) is 0 Å². The smallest absolute Gasteiger partial charge is 0.112 e. The molecule has 0 aromatic rings. The second-order valence-electron chi connectivity index (χ2n) is 1.78. The Hall–Kier alpha value is -1.22. The summed E-state index contributed by atoms with van der Waals surface area (Å²) in [5.41, 5.74) is 0. The van der Waals surface area contributed by atoms with Gasteiger partial charge in [-0.05, 0) is 19.1 Å². The standard InChI is InChI=1S/C9H10O2/c1-9(11)7-5-3-2-4-6-8-10/h2-3,9-11H,8H2,1H3/b3-2-. The Labute approximate surface area is 66.6 Å². The van der Waals surface area contributed by atoms with Crippen LogP contribution in [0, 0.1) is 23.7 Å². The predicted octanol–water partition coefficient (Wildman–Crippen LogP) is -0.0775. The molecule has 0 saturated carbocycles. The van der Waals surface area contributed by atoms with E-state index in [9.17, 15) is 0 Å². The lowest BCUT2D eigenvalue weighted by molar-refractivity contribution is 0.253. The molecule has 1 atom stereocenters. The summed E-state index contributed by atoms with van der Waals surface area (Å²) < 4.78 is 0. The molecule has 0 fully saturated rings. The minimum Gasteiger partial charge on any atom is -0.384 e. The van der Waals surface area contributed by atoms with Crippen molar-refractivity contribution in [1.29, 1.82) is 0 Å². The Kier molecular flexibility index (Phi) is 6.13. The van der Waals surface area contributed by atoms with Crippen molar-refractivity contribution < 1.29 is 10.2 Å². The number of aliphatic hydroxyl groups is 2. The number of hydrogen-bond donors (Lipinski definition) is 2. The molecule has 0 radical (unpaired) electrons. The van der Waals surface area contributed by atoms with E-state index in [2.05, 4.69) is 23.7 Å². The summed E-state index contributed by atoms with van der Waals surface area (Å²) in [5.74, 6) is 10.1. The molecular weight excluding hydrogens is 140 g/mol. The Morgan fingerprint density at radius 3 is 2.55 bits per heavy atom. The molecular formula is C9H10O2. The summed E-state index contributed by atoms with van der Waals surface area (Å²) in [5, 5.41) is 16.9. The summed E-state index contributed by atoms with van der Waals surface area (Å²) in [6.07, 6.45) is 2.44. The molecule has 0 rings (SSSR count). The molecule has 0 aromatic heterocycles. The van der Waals surface area contributed by atoms with Crippen LogP contribution in [0.15, 0.2) is 12.2 Å². The highest BCUT2D eigenvalue weighted by Crippen LogP contribution is 1.73. The third-order valence-corrected chi connectivity index (χ3v) is 0.723. The maximum absolute atomic E-state index is 8.67. The first-order valence-electron chi connectivity index (χ1n) is 3.20. The molecule has 2 nitrogen and oxygen atoms in total. The predicted molar refractivity (Wildman–Crippen MR) is 43.5 cm³/mol. The van der Waals surface area contributed by atoms with Crippen LogP contribution in [0.2, 0.25) is 0 Å². The largest absolute Gasteiger partial charge is 0.384 e. The monoisotopic (exact) mass is 150 g/mol. The van der Waals surface area contributed by atoms with Gasteiger partial charge in [-0.3, -0.25) is 0 Å². The third kappa shape index (κ3) is 8.78. The SMILES string of the molecule is CC(O)C#C/C=C\C#CCO. The van der Waals surface area contributed by atoms with Crippen molar-refractivity contribution in [1.82, 2.24) is 0 Å².